The second-order valence-corrected chi connectivity index (χ2v) is 19.0. The van der Waals surface area contributed by atoms with Gasteiger partial charge in [-0.15, -0.1) is 0 Å². The van der Waals surface area contributed by atoms with Crippen LogP contribution in [0, 0.1) is 23.7 Å². The lowest BCUT2D eigenvalue weighted by atomic mass is 9.58. The quantitative estimate of drug-likeness (QED) is 0.0489. The van der Waals surface area contributed by atoms with Crippen molar-refractivity contribution in [1.82, 2.24) is 9.97 Å². The molecule has 11 heteroatoms. The molecule has 1 aliphatic heterocycles. The fraction of sp³-hybridized carbons (Fsp3) is 0.382. The summed E-state index contributed by atoms with van der Waals surface area (Å²) in [6, 6.07) is 26.0. The van der Waals surface area contributed by atoms with Crippen molar-refractivity contribution in [3.63, 3.8) is 0 Å². The lowest BCUT2D eigenvalue weighted by Crippen LogP contribution is -2.50. The number of ketones is 1. The number of Topliss-reactive ketones (excluding diaryl/α,β-unsaturated/α-hetero) is 1. The number of hydrogen-bond acceptors (Lipinski definition) is 10. The Labute approximate surface area is 386 Å². The minimum Gasteiger partial charge on any atom is -0.508 e. The Bertz CT molecular complexity index is 2720. The van der Waals surface area contributed by atoms with E-state index in [1.165, 1.54) is 7.11 Å². The first kappa shape index (κ1) is 44.7. The molecule has 3 aliphatic rings. The average molecular weight is 892 g/mol. The first-order valence-corrected chi connectivity index (χ1v) is 23.5. The van der Waals surface area contributed by atoms with Gasteiger partial charge in [-0.1, -0.05) is 43.7 Å². The largest absolute Gasteiger partial charge is 0.508 e. The first-order valence-electron chi connectivity index (χ1n) is 23.5. The van der Waals surface area contributed by atoms with Crippen LogP contribution in [0.2, 0.25) is 0 Å². The summed E-state index contributed by atoms with van der Waals surface area (Å²) in [5.74, 6) is -0.108. The maximum Gasteiger partial charge on any atom is 0.200 e. The maximum absolute atomic E-state index is 16.0. The van der Waals surface area contributed by atoms with Gasteiger partial charge in [-0.3, -0.25) is 4.79 Å². The van der Waals surface area contributed by atoms with Crippen LogP contribution in [0.15, 0.2) is 109 Å². The third kappa shape index (κ3) is 9.18. The zero-order valence-electron chi connectivity index (χ0n) is 37.7. The molecule has 4 aromatic carbocycles. The number of allylic oxidation sites excluding steroid dienone is 1. The number of aromatic amines is 1. The molecular formula is C55H61N3O8. The molecular weight excluding hydrogens is 831 g/mol. The molecule has 66 heavy (non-hydrogen) atoms. The number of nitrogens with zero attached hydrogens (tertiary/aromatic N) is 1. The lowest BCUT2D eigenvalue weighted by Gasteiger charge is -2.45. The number of aliphatic hydroxyl groups is 1. The van der Waals surface area contributed by atoms with Gasteiger partial charge in [0.2, 0.25) is 5.75 Å². The van der Waals surface area contributed by atoms with Gasteiger partial charge >= 0.3 is 0 Å². The van der Waals surface area contributed by atoms with Gasteiger partial charge in [-0.2, -0.15) is 0 Å². The van der Waals surface area contributed by atoms with E-state index in [0.717, 1.165) is 64.5 Å². The van der Waals surface area contributed by atoms with Gasteiger partial charge in [0.1, 0.15) is 17.4 Å². The van der Waals surface area contributed by atoms with E-state index >= 15 is 4.79 Å². The highest BCUT2D eigenvalue weighted by Crippen LogP contribution is 2.55. The number of hydrogen-bond donors (Lipinski definition) is 7. The third-order valence-corrected chi connectivity index (χ3v) is 14.8. The number of nitrogens with one attached hydrogen (secondary N) is 2. The molecule has 6 aromatic rings. The highest BCUT2D eigenvalue weighted by Gasteiger charge is 2.54. The molecule has 7 atom stereocenters. The van der Waals surface area contributed by atoms with Crippen LogP contribution in [0.3, 0.4) is 0 Å². The van der Waals surface area contributed by atoms with Crippen LogP contribution < -0.4 is 14.8 Å². The number of pyridine rings is 1. The van der Waals surface area contributed by atoms with Gasteiger partial charge in [-0.25, -0.2) is 4.98 Å². The zero-order chi connectivity index (χ0) is 46.0. The summed E-state index contributed by atoms with van der Waals surface area (Å²) in [6.07, 6.45) is 13.7. The molecule has 1 spiro atoms. The number of benzene rings is 4. The predicted octanol–water partition coefficient (Wildman–Crippen LogP) is 10.7. The number of phenolic OH excluding ortho intramolecular Hbond substituents is 4. The summed E-state index contributed by atoms with van der Waals surface area (Å²) in [7, 11) is 1.51. The van der Waals surface area contributed by atoms with Crippen LogP contribution in [0.5, 0.6) is 34.5 Å². The Morgan fingerprint density at radius 2 is 1.82 bits per heavy atom. The summed E-state index contributed by atoms with van der Waals surface area (Å²) in [5.41, 5.74) is 4.54. The number of anilines is 2. The second kappa shape index (κ2) is 19.2. The molecule has 0 radical (unpaired) electrons. The summed E-state index contributed by atoms with van der Waals surface area (Å²) in [5, 5.41) is 61.8. The summed E-state index contributed by atoms with van der Waals surface area (Å²) in [4.78, 5) is 24.2. The van der Waals surface area contributed by atoms with E-state index in [1.807, 2.05) is 42.6 Å². The van der Waals surface area contributed by atoms with E-state index in [1.54, 1.807) is 42.6 Å². The number of aryl methyl sites for hydroxylation is 2. The van der Waals surface area contributed by atoms with Crippen LogP contribution in [0.4, 0.5) is 11.5 Å². The Morgan fingerprint density at radius 1 is 0.939 bits per heavy atom. The number of carbonyl (C=O) groups excluding carboxylic acids is 1. The van der Waals surface area contributed by atoms with E-state index in [0.29, 0.717) is 61.8 Å². The number of H-pyrrole nitrogens is 1. The topological polar surface area (TPSA) is 177 Å². The minimum absolute atomic E-state index is 0.0227. The Morgan fingerprint density at radius 3 is 2.64 bits per heavy atom. The molecule has 0 amide bonds. The van der Waals surface area contributed by atoms with Crippen molar-refractivity contribution in [3.8, 4) is 34.5 Å². The first-order chi connectivity index (χ1) is 32.0. The van der Waals surface area contributed by atoms with E-state index in [4.69, 9.17) is 14.5 Å². The highest BCUT2D eigenvalue weighted by molar-refractivity contribution is 5.92. The number of rotatable bonds is 11. The van der Waals surface area contributed by atoms with Crippen LogP contribution in [0.25, 0.3) is 10.8 Å². The van der Waals surface area contributed by atoms with Gasteiger partial charge in [0.25, 0.3) is 0 Å². The second-order valence-electron chi connectivity index (χ2n) is 19.0. The molecule has 7 unspecified atom stereocenters. The van der Waals surface area contributed by atoms with Crippen molar-refractivity contribution in [1.29, 1.82) is 0 Å². The van der Waals surface area contributed by atoms with Crippen molar-refractivity contribution in [3.05, 3.63) is 137 Å². The smallest absolute Gasteiger partial charge is 0.200 e. The number of aromatic hydroxyl groups is 4. The lowest BCUT2D eigenvalue weighted by molar-refractivity contribution is -0.132. The van der Waals surface area contributed by atoms with E-state index < -0.39 is 23.4 Å². The molecule has 9 rings (SSSR count). The average Bonchev–Trinajstić information content (AvgIpc) is 3.99. The number of carbonyl (C=O) groups is 1. The fourth-order valence-corrected chi connectivity index (χ4v) is 11.6. The monoisotopic (exact) mass is 891 g/mol. The fourth-order valence-electron chi connectivity index (χ4n) is 11.6. The molecule has 11 nitrogen and oxygen atoms in total. The van der Waals surface area contributed by atoms with Crippen LogP contribution in [-0.4, -0.2) is 61.1 Å². The third-order valence-electron chi connectivity index (χ3n) is 14.8. The molecule has 2 aromatic heterocycles. The molecule has 344 valence electrons. The zero-order valence-corrected chi connectivity index (χ0v) is 37.7. The van der Waals surface area contributed by atoms with Crippen molar-refractivity contribution in [2.24, 2.45) is 23.7 Å². The molecule has 1 fully saturated rings. The molecule has 2 aliphatic carbocycles. The normalized spacial score (nSPS) is 23.6. The van der Waals surface area contributed by atoms with Gasteiger partial charge in [0.15, 0.2) is 23.0 Å². The molecule has 2 bridgehead atoms. The Balaban J connectivity index is 1.18. The summed E-state index contributed by atoms with van der Waals surface area (Å²) < 4.78 is 11.7. The number of aliphatic hydroxyl groups excluding tert-OH is 1. The maximum atomic E-state index is 16.0. The van der Waals surface area contributed by atoms with E-state index in [-0.39, 0.29) is 59.2 Å². The number of fused-ring (bicyclic) bond motifs is 6. The molecule has 3 heterocycles. The summed E-state index contributed by atoms with van der Waals surface area (Å²) in [6.45, 7) is 2.54. The van der Waals surface area contributed by atoms with Crippen molar-refractivity contribution >= 4 is 28.1 Å². The van der Waals surface area contributed by atoms with Gasteiger partial charge < -0.3 is 45.3 Å². The Kier molecular flexibility index (Phi) is 13.0. The van der Waals surface area contributed by atoms with E-state index in [9.17, 15) is 25.5 Å². The number of aromatic nitrogens is 2. The van der Waals surface area contributed by atoms with Crippen molar-refractivity contribution in [2.75, 3.05) is 19.0 Å². The van der Waals surface area contributed by atoms with Crippen LogP contribution in [0.1, 0.15) is 92.2 Å². The van der Waals surface area contributed by atoms with Gasteiger partial charge in [0, 0.05) is 41.5 Å². The Hall–Kier alpha value is -6.46. The minimum atomic E-state index is -1.07. The standard InChI is InChI=1S/C55H61N3O8/c1-33-6-3-7-35(24-33)32-66-51-29-38(28-49(63)54(51)64)36-12-15-44-43-16-14-42(59)26-37(43)13-17-45(44)58-52-31-40(20-23-57-52)55(21-4-8-39(55)30-41-9-5-22-56-41)53(48(62)27-36)47(61)19-11-34-10-18-46(60)50(25-34)65-2/h3,5,7,9-10,13-14,16-18,20,22-23,25-26,28-29,31,33,35-36,39,47,53,56,59-61,63-64H,4,6,8,11-12,15,19,21,24,27,30,32H2,1-2H3,(H,57,58). The van der Waals surface area contributed by atoms with Gasteiger partial charge in [-0.05, 0) is 175 Å². The number of methoxy groups -OCH3 is 1. The number of phenols is 4. The molecule has 1 saturated carbocycles. The number of ether oxygens (including phenoxy) is 2. The van der Waals surface area contributed by atoms with Crippen LogP contribution in [-0.2, 0) is 29.5 Å². The predicted molar refractivity (Wildman–Crippen MR) is 256 cm³/mol. The SMILES string of the molecule is COc1cc(CCC(O)C2C(=O)CC(c3cc(O)c(O)c(OCC4C=CCC(C)C4)c3)CCc3c(ccc4cc(O)ccc34)Nc3cc(ccn3)C23CCCC3Cc2ccc[nH]2)ccc1O. The van der Waals surface area contributed by atoms with Crippen LogP contribution >= 0.6 is 0 Å². The highest BCUT2D eigenvalue weighted by atomic mass is 16.5. The molecule has 0 saturated heterocycles. The summed E-state index contributed by atoms with van der Waals surface area (Å²) >= 11 is 0. The van der Waals surface area contributed by atoms with E-state index in [2.05, 4.69) is 41.5 Å². The molecule has 7 N–H and O–H groups in total. The van der Waals surface area contributed by atoms with Crippen molar-refractivity contribution in [2.45, 2.75) is 95.0 Å². The van der Waals surface area contributed by atoms with Crippen molar-refractivity contribution < 1.29 is 39.8 Å². The van der Waals surface area contributed by atoms with Gasteiger partial charge in [0.05, 0.1) is 25.7 Å².